The molecule has 2 aromatic heterocycles. The number of rotatable bonds is 7. The first-order valence-electron chi connectivity index (χ1n) is 8.13. The number of carbonyl (C=O) groups is 1. The van der Waals surface area contributed by atoms with E-state index in [-0.39, 0.29) is 11.9 Å². The molecule has 0 spiro atoms. The number of carbonyl (C=O) groups excluding carboxylic acids is 1. The molecule has 3 aromatic rings. The van der Waals surface area contributed by atoms with E-state index in [1.807, 2.05) is 41.8 Å². The number of hydrogen-bond acceptors (Lipinski definition) is 7. The predicted molar refractivity (Wildman–Crippen MR) is 105 cm³/mol. The van der Waals surface area contributed by atoms with E-state index in [1.165, 1.54) is 11.3 Å². The molecule has 0 radical (unpaired) electrons. The molecule has 3 rings (SSSR count). The molecule has 0 aliphatic rings. The molecule has 0 saturated heterocycles. The monoisotopic (exact) mass is 368 g/mol. The number of anilines is 3. The Labute approximate surface area is 155 Å². The Morgan fingerprint density at radius 2 is 1.96 bits per heavy atom. The molecule has 6 N–H and O–H groups in total. The molecule has 0 aliphatic carbocycles. The topological polar surface area (TPSA) is 119 Å². The van der Waals surface area contributed by atoms with Crippen molar-refractivity contribution in [3.8, 4) is 0 Å². The van der Waals surface area contributed by atoms with Crippen LogP contribution >= 0.6 is 11.3 Å². The van der Waals surface area contributed by atoms with Gasteiger partial charge in [0.25, 0.3) is 5.91 Å². The van der Waals surface area contributed by atoms with Gasteiger partial charge in [-0.1, -0.05) is 18.2 Å². The molecule has 0 atom stereocenters. The van der Waals surface area contributed by atoms with Crippen molar-refractivity contribution in [3.63, 3.8) is 0 Å². The molecule has 0 aliphatic heterocycles. The summed E-state index contributed by atoms with van der Waals surface area (Å²) in [6.07, 6.45) is 2.39. The summed E-state index contributed by atoms with van der Waals surface area (Å²) in [7, 11) is 0. The Kier molecular flexibility index (Phi) is 5.65. The highest BCUT2D eigenvalue weighted by molar-refractivity contribution is 7.12. The van der Waals surface area contributed by atoms with Gasteiger partial charge in [0, 0.05) is 30.5 Å². The van der Waals surface area contributed by atoms with Gasteiger partial charge in [-0.05, 0) is 35.6 Å². The third kappa shape index (κ3) is 4.70. The SMILES string of the molecule is Nc1ncc(CNc2ccc(CCNC(=O)c3cccs3)cc2)c(N)n1. The first-order chi connectivity index (χ1) is 12.6. The van der Waals surface area contributed by atoms with Crippen LogP contribution in [0.25, 0.3) is 0 Å². The normalized spacial score (nSPS) is 10.5. The summed E-state index contributed by atoms with van der Waals surface area (Å²) in [6, 6.07) is 11.7. The molecule has 8 heteroatoms. The van der Waals surface area contributed by atoms with Crippen LogP contribution in [0.15, 0.2) is 48.0 Å². The van der Waals surface area contributed by atoms with Crippen molar-refractivity contribution in [1.82, 2.24) is 15.3 Å². The average Bonchev–Trinajstić information content (AvgIpc) is 3.17. The lowest BCUT2D eigenvalue weighted by Gasteiger charge is -2.09. The van der Waals surface area contributed by atoms with Crippen LogP contribution in [0, 0.1) is 0 Å². The van der Waals surface area contributed by atoms with E-state index in [2.05, 4.69) is 20.6 Å². The number of nitrogens with zero attached hydrogens (tertiary/aromatic N) is 2. The molecule has 2 heterocycles. The number of nitrogens with two attached hydrogens (primary N) is 2. The Bertz CT molecular complexity index is 864. The van der Waals surface area contributed by atoms with Gasteiger partial charge in [-0.3, -0.25) is 4.79 Å². The number of nitrogens with one attached hydrogen (secondary N) is 2. The molecule has 0 fully saturated rings. The van der Waals surface area contributed by atoms with Crippen molar-refractivity contribution < 1.29 is 4.79 Å². The number of benzene rings is 1. The van der Waals surface area contributed by atoms with Crippen LogP contribution in [-0.2, 0) is 13.0 Å². The van der Waals surface area contributed by atoms with E-state index >= 15 is 0 Å². The standard InChI is InChI=1S/C18H20N6OS/c19-16-13(11-23-18(20)24-16)10-22-14-5-3-12(4-6-14)7-8-21-17(25)15-2-1-9-26-15/h1-6,9,11,22H,7-8,10H2,(H,21,25)(H4,19,20,23,24). The summed E-state index contributed by atoms with van der Waals surface area (Å²) >= 11 is 1.44. The molecule has 0 unspecified atom stereocenters. The molecule has 0 bridgehead atoms. The molecular formula is C18H20N6OS. The summed E-state index contributed by atoms with van der Waals surface area (Å²) in [5.41, 5.74) is 14.2. The highest BCUT2D eigenvalue weighted by Crippen LogP contribution is 2.14. The largest absolute Gasteiger partial charge is 0.383 e. The zero-order valence-electron chi connectivity index (χ0n) is 14.1. The van der Waals surface area contributed by atoms with Crippen molar-refractivity contribution in [2.24, 2.45) is 0 Å². The van der Waals surface area contributed by atoms with Gasteiger partial charge in [0.2, 0.25) is 5.95 Å². The van der Waals surface area contributed by atoms with Gasteiger partial charge in [-0.25, -0.2) is 4.98 Å². The third-order valence-corrected chi connectivity index (χ3v) is 4.67. The van der Waals surface area contributed by atoms with Crippen LogP contribution in [0.5, 0.6) is 0 Å². The second-order valence-electron chi connectivity index (χ2n) is 5.67. The van der Waals surface area contributed by atoms with Crippen molar-refractivity contribution in [2.45, 2.75) is 13.0 Å². The minimum atomic E-state index is -0.0263. The first-order valence-corrected chi connectivity index (χ1v) is 9.01. The Balaban J connectivity index is 1.46. The number of thiophene rings is 1. The maximum Gasteiger partial charge on any atom is 0.261 e. The fraction of sp³-hybridized carbons (Fsp3) is 0.167. The smallest absolute Gasteiger partial charge is 0.261 e. The van der Waals surface area contributed by atoms with E-state index in [9.17, 15) is 4.79 Å². The molecule has 134 valence electrons. The summed E-state index contributed by atoms with van der Waals surface area (Å²) in [5.74, 6) is 0.520. The lowest BCUT2D eigenvalue weighted by atomic mass is 10.1. The molecule has 26 heavy (non-hydrogen) atoms. The van der Waals surface area contributed by atoms with Crippen molar-refractivity contribution in [1.29, 1.82) is 0 Å². The van der Waals surface area contributed by atoms with E-state index in [1.54, 1.807) is 6.20 Å². The third-order valence-electron chi connectivity index (χ3n) is 3.80. The van der Waals surface area contributed by atoms with Gasteiger partial charge < -0.3 is 22.1 Å². The Morgan fingerprint density at radius 1 is 1.15 bits per heavy atom. The zero-order chi connectivity index (χ0) is 18.4. The minimum absolute atomic E-state index is 0.0263. The zero-order valence-corrected chi connectivity index (χ0v) is 14.9. The average molecular weight is 368 g/mol. The quantitative estimate of drug-likeness (QED) is 0.508. The number of aromatic nitrogens is 2. The minimum Gasteiger partial charge on any atom is -0.383 e. The van der Waals surface area contributed by atoms with Crippen LogP contribution in [0.1, 0.15) is 20.8 Å². The van der Waals surface area contributed by atoms with Crippen molar-refractivity contribution in [3.05, 3.63) is 64.0 Å². The highest BCUT2D eigenvalue weighted by Gasteiger charge is 2.05. The Morgan fingerprint density at radius 3 is 2.65 bits per heavy atom. The van der Waals surface area contributed by atoms with Gasteiger partial charge in [-0.2, -0.15) is 4.98 Å². The van der Waals surface area contributed by atoms with Crippen molar-refractivity contribution >= 4 is 34.7 Å². The first kappa shape index (κ1) is 17.7. The number of amides is 1. The van der Waals surface area contributed by atoms with E-state index in [0.29, 0.717) is 18.9 Å². The van der Waals surface area contributed by atoms with Gasteiger partial charge in [-0.15, -0.1) is 11.3 Å². The second kappa shape index (κ2) is 8.30. The highest BCUT2D eigenvalue weighted by atomic mass is 32.1. The van der Waals surface area contributed by atoms with E-state index in [0.717, 1.165) is 28.1 Å². The summed E-state index contributed by atoms with van der Waals surface area (Å²) in [5, 5.41) is 8.09. The molecule has 0 saturated carbocycles. The van der Waals surface area contributed by atoms with Crippen LogP contribution in [0.4, 0.5) is 17.5 Å². The van der Waals surface area contributed by atoms with E-state index in [4.69, 9.17) is 11.5 Å². The Hall–Kier alpha value is -3.13. The molecular weight excluding hydrogens is 348 g/mol. The van der Waals surface area contributed by atoms with Crippen LogP contribution in [0.2, 0.25) is 0 Å². The van der Waals surface area contributed by atoms with E-state index < -0.39 is 0 Å². The fourth-order valence-corrected chi connectivity index (χ4v) is 3.01. The summed E-state index contributed by atoms with van der Waals surface area (Å²) < 4.78 is 0. The maximum atomic E-state index is 11.9. The van der Waals surface area contributed by atoms with Gasteiger partial charge in [0.1, 0.15) is 5.82 Å². The maximum absolute atomic E-state index is 11.9. The number of nitrogen functional groups attached to an aromatic ring is 2. The lowest BCUT2D eigenvalue weighted by Crippen LogP contribution is -2.24. The fourth-order valence-electron chi connectivity index (χ4n) is 2.37. The molecule has 7 nitrogen and oxygen atoms in total. The number of hydrogen-bond donors (Lipinski definition) is 4. The van der Waals surface area contributed by atoms with Gasteiger partial charge >= 0.3 is 0 Å². The van der Waals surface area contributed by atoms with Crippen LogP contribution in [-0.4, -0.2) is 22.4 Å². The van der Waals surface area contributed by atoms with Crippen LogP contribution in [0.3, 0.4) is 0 Å². The molecule has 1 amide bonds. The predicted octanol–water partition coefficient (Wildman–Crippen LogP) is 2.29. The van der Waals surface area contributed by atoms with Crippen molar-refractivity contribution in [2.75, 3.05) is 23.3 Å². The van der Waals surface area contributed by atoms with Crippen LogP contribution < -0.4 is 22.1 Å². The van der Waals surface area contributed by atoms with Gasteiger partial charge in [0.15, 0.2) is 0 Å². The van der Waals surface area contributed by atoms with Gasteiger partial charge in [0.05, 0.1) is 4.88 Å². The molecule has 1 aromatic carbocycles. The lowest BCUT2D eigenvalue weighted by molar-refractivity contribution is 0.0958. The summed E-state index contributed by atoms with van der Waals surface area (Å²) in [4.78, 5) is 20.5. The second-order valence-corrected chi connectivity index (χ2v) is 6.62. The summed E-state index contributed by atoms with van der Waals surface area (Å²) in [6.45, 7) is 1.12.